The smallest absolute Gasteiger partial charge is 0.246 e. The third-order valence-corrected chi connectivity index (χ3v) is 1.15. The monoisotopic (exact) mass is 175 g/mol. The Labute approximate surface area is 73.2 Å². The first-order valence-electron chi connectivity index (χ1n) is 4.04. The molecule has 4 heteroatoms. The summed E-state index contributed by atoms with van der Waals surface area (Å²) < 4.78 is 9.84. The van der Waals surface area contributed by atoms with E-state index in [2.05, 4.69) is 10.1 Å². The maximum Gasteiger partial charge on any atom is 0.246 e. The molecule has 0 spiro atoms. The van der Waals surface area contributed by atoms with E-state index in [4.69, 9.17) is 4.74 Å². The number of carbonyl (C=O) groups is 1. The van der Waals surface area contributed by atoms with Gasteiger partial charge in [0.05, 0.1) is 12.7 Å². The van der Waals surface area contributed by atoms with Gasteiger partial charge in [0, 0.05) is 13.7 Å². The van der Waals surface area contributed by atoms with Crippen LogP contribution < -0.4 is 5.32 Å². The average molecular weight is 175 g/mol. The molecule has 0 aromatic carbocycles. The molecule has 0 aromatic heterocycles. The quantitative estimate of drug-likeness (QED) is 0.585. The molecule has 0 atom stereocenters. The van der Waals surface area contributed by atoms with Crippen molar-refractivity contribution in [3.05, 3.63) is 0 Å². The van der Waals surface area contributed by atoms with Gasteiger partial charge >= 0.3 is 0 Å². The zero-order valence-corrected chi connectivity index (χ0v) is 7.92. The van der Waals surface area contributed by atoms with Crippen molar-refractivity contribution in [2.24, 2.45) is 0 Å². The van der Waals surface area contributed by atoms with Gasteiger partial charge in [-0.3, -0.25) is 4.79 Å². The van der Waals surface area contributed by atoms with Crippen LogP contribution in [0.3, 0.4) is 0 Å². The van der Waals surface area contributed by atoms with Crippen molar-refractivity contribution in [3.8, 4) is 0 Å². The SMILES string of the molecule is COCC(=O)NCCOC(C)C. The summed E-state index contributed by atoms with van der Waals surface area (Å²) in [6.07, 6.45) is 0.212. The molecule has 0 heterocycles. The topological polar surface area (TPSA) is 47.6 Å². The van der Waals surface area contributed by atoms with E-state index in [0.717, 1.165) is 0 Å². The second-order valence-electron chi connectivity index (χ2n) is 2.70. The highest BCUT2D eigenvalue weighted by molar-refractivity contribution is 5.77. The predicted molar refractivity (Wildman–Crippen MR) is 46.0 cm³/mol. The number of hydrogen-bond donors (Lipinski definition) is 1. The van der Waals surface area contributed by atoms with Crippen molar-refractivity contribution in [2.75, 3.05) is 26.9 Å². The molecule has 0 aliphatic rings. The fourth-order valence-corrected chi connectivity index (χ4v) is 0.667. The fraction of sp³-hybridized carbons (Fsp3) is 0.875. The van der Waals surface area contributed by atoms with E-state index >= 15 is 0 Å². The Bertz CT molecular complexity index is 125. The van der Waals surface area contributed by atoms with Crippen LogP contribution >= 0.6 is 0 Å². The van der Waals surface area contributed by atoms with E-state index in [-0.39, 0.29) is 18.6 Å². The van der Waals surface area contributed by atoms with Crippen molar-refractivity contribution >= 4 is 5.91 Å². The maximum absolute atomic E-state index is 10.8. The van der Waals surface area contributed by atoms with Crippen molar-refractivity contribution < 1.29 is 14.3 Å². The highest BCUT2D eigenvalue weighted by Gasteiger charge is 1.98. The zero-order chi connectivity index (χ0) is 9.40. The van der Waals surface area contributed by atoms with E-state index in [9.17, 15) is 4.79 Å². The Morgan fingerprint density at radius 3 is 2.67 bits per heavy atom. The predicted octanol–water partition coefficient (Wildman–Crippen LogP) is 0.174. The van der Waals surface area contributed by atoms with E-state index in [0.29, 0.717) is 13.2 Å². The van der Waals surface area contributed by atoms with Crippen LogP contribution in [0.4, 0.5) is 0 Å². The highest BCUT2D eigenvalue weighted by atomic mass is 16.5. The van der Waals surface area contributed by atoms with Crippen LogP contribution in [0, 0.1) is 0 Å². The number of carbonyl (C=O) groups excluding carboxylic acids is 1. The normalized spacial score (nSPS) is 10.3. The summed E-state index contributed by atoms with van der Waals surface area (Å²) in [5.74, 6) is -0.107. The van der Waals surface area contributed by atoms with Crippen LogP contribution in [0.2, 0.25) is 0 Å². The van der Waals surface area contributed by atoms with E-state index < -0.39 is 0 Å². The molecule has 0 aliphatic carbocycles. The molecular weight excluding hydrogens is 158 g/mol. The standard InChI is InChI=1S/C8H17NO3/c1-7(2)12-5-4-9-8(10)6-11-3/h7H,4-6H2,1-3H3,(H,9,10). The van der Waals surface area contributed by atoms with E-state index in [1.165, 1.54) is 7.11 Å². The van der Waals surface area contributed by atoms with Gasteiger partial charge < -0.3 is 14.8 Å². The van der Waals surface area contributed by atoms with Gasteiger partial charge in [-0.05, 0) is 13.8 Å². The second-order valence-corrected chi connectivity index (χ2v) is 2.70. The largest absolute Gasteiger partial charge is 0.377 e. The van der Waals surface area contributed by atoms with Gasteiger partial charge in [0.2, 0.25) is 5.91 Å². The third-order valence-electron chi connectivity index (χ3n) is 1.15. The summed E-state index contributed by atoms with van der Waals surface area (Å²) in [6, 6.07) is 0. The number of ether oxygens (including phenoxy) is 2. The zero-order valence-electron chi connectivity index (χ0n) is 7.92. The summed E-state index contributed by atoms with van der Waals surface area (Å²) in [5.41, 5.74) is 0. The first kappa shape index (κ1) is 11.4. The molecule has 0 rings (SSSR count). The number of methoxy groups -OCH3 is 1. The van der Waals surface area contributed by atoms with Crippen LogP contribution in [-0.2, 0) is 14.3 Å². The van der Waals surface area contributed by atoms with Gasteiger partial charge in [-0.25, -0.2) is 0 Å². The van der Waals surface area contributed by atoms with E-state index in [1.807, 2.05) is 13.8 Å². The summed E-state index contributed by atoms with van der Waals surface area (Å²) in [7, 11) is 1.49. The van der Waals surface area contributed by atoms with Crippen LogP contribution in [0.15, 0.2) is 0 Å². The summed E-state index contributed by atoms with van der Waals surface area (Å²) >= 11 is 0. The Morgan fingerprint density at radius 2 is 2.17 bits per heavy atom. The van der Waals surface area contributed by atoms with Crippen molar-refractivity contribution in [1.29, 1.82) is 0 Å². The third kappa shape index (κ3) is 7.50. The molecule has 0 saturated heterocycles. The lowest BCUT2D eigenvalue weighted by molar-refractivity contribution is -0.125. The molecule has 12 heavy (non-hydrogen) atoms. The molecule has 1 amide bonds. The van der Waals surface area contributed by atoms with Crippen molar-refractivity contribution in [3.63, 3.8) is 0 Å². The Hall–Kier alpha value is -0.610. The number of amides is 1. The number of rotatable bonds is 6. The second kappa shape index (κ2) is 7.06. The average Bonchev–Trinajstić information content (AvgIpc) is 1.98. The highest BCUT2D eigenvalue weighted by Crippen LogP contribution is 1.84. The lowest BCUT2D eigenvalue weighted by Crippen LogP contribution is -2.30. The molecule has 72 valence electrons. The summed E-state index contributed by atoms with van der Waals surface area (Å²) in [5, 5.41) is 2.65. The molecule has 0 aromatic rings. The van der Waals surface area contributed by atoms with Gasteiger partial charge in [0.1, 0.15) is 6.61 Å². The fourth-order valence-electron chi connectivity index (χ4n) is 0.667. The van der Waals surface area contributed by atoms with Crippen LogP contribution in [-0.4, -0.2) is 38.9 Å². The van der Waals surface area contributed by atoms with Crippen LogP contribution in [0.5, 0.6) is 0 Å². The number of nitrogens with one attached hydrogen (secondary N) is 1. The summed E-state index contributed by atoms with van der Waals surface area (Å²) in [6.45, 7) is 5.11. The molecule has 0 aliphatic heterocycles. The summed E-state index contributed by atoms with van der Waals surface area (Å²) in [4.78, 5) is 10.8. The first-order chi connectivity index (χ1) is 5.66. The molecule has 0 saturated carbocycles. The molecule has 0 radical (unpaired) electrons. The van der Waals surface area contributed by atoms with Gasteiger partial charge in [-0.2, -0.15) is 0 Å². The first-order valence-corrected chi connectivity index (χ1v) is 4.04. The Balaban J connectivity index is 3.14. The van der Waals surface area contributed by atoms with Crippen molar-refractivity contribution in [1.82, 2.24) is 5.32 Å². The molecule has 0 fully saturated rings. The van der Waals surface area contributed by atoms with Crippen LogP contribution in [0.25, 0.3) is 0 Å². The maximum atomic E-state index is 10.8. The molecular formula is C8H17NO3. The van der Waals surface area contributed by atoms with Gasteiger partial charge in [0.25, 0.3) is 0 Å². The molecule has 4 nitrogen and oxygen atoms in total. The molecule has 0 bridgehead atoms. The van der Waals surface area contributed by atoms with Gasteiger partial charge in [-0.15, -0.1) is 0 Å². The van der Waals surface area contributed by atoms with E-state index in [1.54, 1.807) is 0 Å². The lowest BCUT2D eigenvalue weighted by atomic mass is 10.5. The van der Waals surface area contributed by atoms with Gasteiger partial charge in [0.15, 0.2) is 0 Å². The Morgan fingerprint density at radius 1 is 1.50 bits per heavy atom. The number of hydrogen-bond acceptors (Lipinski definition) is 3. The minimum atomic E-state index is -0.107. The minimum absolute atomic E-state index is 0.107. The molecule has 1 N–H and O–H groups in total. The Kier molecular flexibility index (Phi) is 6.70. The van der Waals surface area contributed by atoms with Crippen LogP contribution in [0.1, 0.15) is 13.8 Å². The minimum Gasteiger partial charge on any atom is -0.377 e. The molecule has 0 unspecified atom stereocenters. The van der Waals surface area contributed by atoms with Crippen molar-refractivity contribution in [2.45, 2.75) is 20.0 Å². The lowest BCUT2D eigenvalue weighted by Gasteiger charge is -2.07. The van der Waals surface area contributed by atoms with Gasteiger partial charge in [-0.1, -0.05) is 0 Å².